The predicted octanol–water partition coefficient (Wildman–Crippen LogP) is 0.337. The molecule has 0 saturated carbocycles. The maximum atomic E-state index is 11.9. The molecule has 0 fully saturated rings. The maximum Gasteiger partial charge on any atom is 0.433 e. The van der Waals surface area contributed by atoms with E-state index in [9.17, 15) is 13.2 Å². The fourth-order valence-corrected chi connectivity index (χ4v) is 0.649. The van der Waals surface area contributed by atoms with Crippen LogP contribution in [0, 0.1) is 0 Å². The fourth-order valence-electron chi connectivity index (χ4n) is 0.649. The molecule has 0 aromatic carbocycles. The van der Waals surface area contributed by atoms with Crippen molar-refractivity contribution in [2.24, 2.45) is 0 Å². The molecule has 12 heavy (non-hydrogen) atoms. The number of halogens is 3. The molecule has 0 spiro atoms. The predicted molar refractivity (Wildman–Crippen MR) is 36.8 cm³/mol. The Balaban J connectivity index is 2.93. The van der Waals surface area contributed by atoms with Crippen LogP contribution in [0.1, 0.15) is 5.69 Å². The lowest BCUT2D eigenvalue weighted by atomic mass is 9.91. The third-order valence-electron chi connectivity index (χ3n) is 1.23. The normalized spacial score (nSPS) is 11.3. The molecule has 0 aliphatic rings. The van der Waals surface area contributed by atoms with Crippen LogP contribution in [0.5, 0.6) is 0 Å². The minimum Gasteiger partial charge on any atom is -0.450 e. The summed E-state index contributed by atoms with van der Waals surface area (Å²) in [6.45, 7) is 0. The van der Waals surface area contributed by atoms with Crippen LogP contribution in [0.25, 0.3) is 0 Å². The van der Waals surface area contributed by atoms with Crippen molar-refractivity contribution in [1.29, 1.82) is 0 Å². The molecule has 6 heteroatoms. The molecule has 63 valence electrons. The fraction of sp³-hybridized carbons (Fsp3) is 0.167. The van der Waals surface area contributed by atoms with Gasteiger partial charge in [-0.25, -0.2) is 0 Å². The Bertz CT molecular complexity index is 258. The maximum absolute atomic E-state index is 11.9. The van der Waals surface area contributed by atoms with E-state index in [0.29, 0.717) is 7.48 Å². The molecular weight excluding hydrogens is 170 g/mol. The van der Waals surface area contributed by atoms with Crippen LogP contribution < -0.4 is 5.46 Å². The zero-order chi connectivity index (χ0) is 9.19. The number of hydrogen-bond donors (Lipinski definition) is 1. The second-order valence-corrected chi connectivity index (χ2v) is 2.10. The first kappa shape index (κ1) is 9.06. The first-order valence-corrected chi connectivity index (χ1v) is 3.04. The average molecular weight is 174 g/mol. The molecule has 1 rings (SSSR count). The van der Waals surface area contributed by atoms with Crippen molar-refractivity contribution >= 4 is 12.9 Å². The molecule has 0 saturated heterocycles. The number of aromatic nitrogens is 1. The zero-order valence-corrected chi connectivity index (χ0v) is 5.84. The van der Waals surface area contributed by atoms with Gasteiger partial charge >= 0.3 is 13.7 Å². The largest absolute Gasteiger partial charge is 0.450 e. The Morgan fingerprint density at radius 1 is 1.33 bits per heavy atom. The van der Waals surface area contributed by atoms with Crippen LogP contribution in [-0.2, 0) is 6.18 Å². The van der Waals surface area contributed by atoms with Crippen LogP contribution in [0.4, 0.5) is 13.2 Å². The summed E-state index contributed by atoms with van der Waals surface area (Å²) in [5.41, 5.74) is -0.726. The van der Waals surface area contributed by atoms with E-state index >= 15 is 0 Å². The van der Waals surface area contributed by atoms with Crippen LogP contribution in [0.15, 0.2) is 18.3 Å². The van der Waals surface area contributed by atoms with Crippen molar-refractivity contribution in [3.8, 4) is 0 Å². The Morgan fingerprint density at radius 2 is 2.00 bits per heavy atom. The van der Waals surface area contributed by atoms with Gasteiger partial charge in [0.1, 0.15) is 5.69 Å². The van der Waals surface area contributed by atoms with E-state index in [0.717, 1.165) is 18.3 Å². The molecule has 1 radical (unpaired) electrons. The second-order valence-electron chi connectivity index (χ2n) is 2.10. The number of nitrogens with zero attached hydrogens (tertiary/aromatic N) is 1. The molecule has 1 aromatic heterocycles. The minimum absolute atomic E-state index is 0.239. The molecule has 1 N–H and O–H groups in total. The van der Waals surface area contributed by atoms with Crippen molar-refractivity contribution in [3.05, 3.63) is 24.0 Å². The molecule has 0 atom stereocenters. The summed E-state index contributed by atoms with van der Waals surface area (Å²) < 4.78 is 35.7. The van der Waals surface area contributed by atoms with Crippen molar-refractivity contribution in [2.45, 2.75) is 6.18 Å². The van der Waals surface area contributed by atoms with E-state index in [1.807, 2.05) is 0 Å². The van der Waals surface area contributed by atoms with Crippen molar-refractivity contribution < 1.29 is 18.2 Å². The Labute approximate surface area is 67.3 Å². The van der Waals surface area contributed by atoms with E-state index in [1.165, 1.54) is 0 Å². The summed E-state index contributed by atoms with van der Waals surface area (Å²) in [6.07, 6.45) is -3.48. The number of hydrogen-bond acceptors (Lipinski definition) is 2. The zero-order valence-electron chi connectivity index (χ0n) is 5.84. The van der Waals surface area contributed by atoms with Crippen molar-refractivity contribution in [1.82, 2.24) is 4.98 Å². The summed E-state index contributed by atoms with van der Waals surface area (Å²) in [6, 6.07) is 1.94. The van der Waals surface area contributed by atoms with Crippen LogP contribution in [0.3, 0.4) is 0 Å². The lowest BCUT2D eigenvalue weighted by Crippen LogP contribution is -2.17. The Kier molecular flexibility index (Phi) is 2.37. The summed E-state index contributed by atoms with van der Waals surface area (Å²) in [5.74, 6) is 0. The molecule has 1 aromatic rings. The Morgan fingerprint density at radius 3 is 2.33 bits per heavy atom. The van der Waals surface area contributed by atoms with Gasteiger partial charge in [-0.15, -0.1) is 0 Å². The molecule has 2 nitrogen and oxygen atoms in total. The molecule has 0 amide bonds. The molecule has 1 heterocycles. The Hall–Kier alpha value is -1.04. The SMILES string of the molecule is O[B]c1ccc(C(F)(F)F)nc1. The third-order valence-corrected chi connectivity index (χ3v) is 1.23. The van der Waals surface area contributed by atoms with E-state index in [1.54, 1.807) is 0 Å². The summed E-state index contributed by atoms with van der Waals surface area (Å²) >= 11 is 0. The molecule has 0 bridgehead atoms. The van der Waals surface area contributed by atoms with Gasteiger partial charge in [0.2, 0.25) is 0 Å². The average Bonchev–Trinajstić information content (AvgIpc) is 2.03. The van der Waals surface area contributed by atoms with E-state index in [-0.39, 0.29) is 5.46 Å². The summed E-state index contributed by atoms with van der Waals surface area (Å²) in [7, 11) is 0.688. The number of rotatable bonds is 1. The second kappa shape index (κ2) is 3.14. The highest BCUT2D eigenvalue weighted by molar-refractivity contribution is 6.45. The van der Waals surface area contributed by atoms with Crippen molar-refractivity contribution in [2.75, 3.05) is 0 Å². The lowest BCUT2D eigenvalue weighted by Gasteiger charge is -2.04. The molecular formula is C6H4BF3NO. The van der Waals surface area contributed by atoms with Gasteiger partial charge in [0.15, 0.2) is 0 Å². The number of alkyl halides is 3. The topological polar surface area (TPSA) is 33.1 Å². The van der Waals surface area contributed by atoms with E-state index in [2.05, 4.69) is 4.98 Å². The summed E-state index contributed by atoms with van der Waals surface area (Å²) in [4.78, 5) is 3.10. The number of pyridine rings is 1. The smallest absolute Gasteiger partial charge is 0.433 e. The highest BCUT2D eigenvalue weighted by Crippen LogP contribution is 2.26. The van der Waals surface area contributed by atoms with Gasteiger partial charge < -0.3 is 5.02 Å². The van der Waals surface area contributed by atoms with E-state index in [4.69, 9.17) is 5.02 Å². The molecule has 0 unspecified atom stereocenters. The highest BCUT2D eigenvalue weighted by Gasteiger charge is 2.31. The lowest BCUT2D eigenvalue weighted by molar-refractivity contribution is -0.141. The monoisotopic (exact) mass is 174 g/mol. The van der Waals surface area contributed by atoms with Crippen LogP contribution in [0.2, 0.25) is 0 Å². The van der Waals surface area contributed by atoms with E-state index < -0.39 is 11.9 Å². The molecule has 0 aliphatic heterocycles. The van der Waals surface area contributed by atoms with Gasteiger partial charge in [-0.2, -0.15) is 13.2 Å². The van der Waals surface area contributed by atoms with Gasteiger partial charge in [0.25, 0.3) is 0 Å². The van der Waals surface area contributed by atoms with Crippen LogP contribution >= 0.6 is 0 Å². The first-order valence-electron chi connectivity index (χ1n) is 3.04. The van der Waals surface area contributed by atoms with Gasteiger partial charge in [0.05, 0.1) is 0 Å². The van der Waals surface area contributed by atoms with Crippen LogP contribution in [-0.4, -0.2) is 17.5 Å². The van der Waals surface area contributed by atoms with Gasteiger partial charge in [-0.3, -0.25) is 4.98 Å². The quantitative estimate of drug-likeness (QED) is 0.622. The minimum atomic E-state index is -4.42. The highest BCUT2D eigenvalue weighted by atomic mass is 19.4. The molecule has 0 aliphatic carbocycles. The van der Waals surface area contributed by atoms with Crippen molar-refractivity contribution in [3.63, 3.8) is 0 Å². The third kappa shape index (κ3) is 1.98. The first-order chi connectivity index (χ1) is 5.54. The van der Waals surface area contributed by atoms with Gasteiger partial charge in [0, 0.05) is 6.20 Å². The standard InChI is InChI=1S/C6H4BF3NO/c8-6(9,10)5-2-1-4(7-12)3-11-5/h1-3,12H. The van der Waals surface area contributed by atoms with Gasteiger partial charge in [-0.1, -0.05) is 6.07 Å². The summed E-state index contributed by atoms with van der Waals surface area (Å²) in [5, 5.41) is 8.39. The van der Waals surface area contributed by atoms with Gasteiger partial charge in [-0.05, 0) is 11.5 Å².